The molecule has 0 amide bonds. The fraction of sp³-hybridized carbons (Fsp3) is 0.156. The Morgan fingerprint density at radius 2 is 1.26 bits per heavy atom. The maximum atomic E-state index is 10.4. The monoisotopic (exact) mass is 457 g/mol. The molecule has 4 aromatic rings. The summed E-state index contributed by atoms with van der Waals surface area (Å²) in [4.78, 5) is 0. The van der Waals surface area contributed by atoms with Crippen molar-refractivity contribution in [3.05, 3.63) is 125 Å². The van der Waals surface area contributed by atoms with Gasteiger partial charge >= 0.3 is 0 Å². The van der Waals surface area contributed by atoms with Crippen LogP contribution < -0.4 is 9.47 Å². The first-order chi connectivity index (χ1) is 17.2. The largest absolute Gasteiger partial charge is 0.497 e. The standard InChI is InChI=1S/C32H27NO2/c1-34-24-16-11-22(12-17-24)13-20-26(23-14-18-25(35-2)19-15-23)32-30-10-6-5-8-28(30)27-7-3-4-9-29(27)31(32)21-33/h3-20,26,31-32H,1-2H3/b20-13-/t26-,31-,32-/m0/s1. The van der Waals surface area contributed by atoms with Crippen LogP contribution in [-0.4, -0.2) is 14.2 Å². The molecular formula is C32H27NO2. The van der Waals surface area contributed by atoms with Gasteiger partial charge in [0.1, 0.15) is 11.5 Å². The third-order valence-corrected chi connectivity index (χ3v) is 6.90. The van der Waals surface area contributed by atoms with Gasteiger partial charge in [0, 0.05) is 11.8 Å². The highest BCUT2D eigenvalue weighted by molar-refractivity contribution is 5.76. The van der Waals surface area contributed by atoms with Crippen molar-refractivity contribution in [1.29, 1.82) is 5.26 Å². The number of allylic oxidation sites excluding steroid dienone is 1. The Labute approximate surface area is 206 Å². The van der Waals surface area contributed by atoms with Crippen LogP contribution in [0.5, 0.6) is 11.5 Å². The van der Waals surface area contributed by atoms with E-state index >= 15 is 0 Å². The summed E-state index contributed by atoms with van der Waals surface area (Å²) in [5.74, 6) is 1.33. The molecule has 0 fully saturated rings. The first-order valence-corrected chi connectivity index (χ1v) is 11.8. The van der Waals surface area contributed by atoms with Crippen molar-refractivity contribution in [3.63, 3.8) is 0 Å². The van der Waals surface area contributed by atoms with Crippen LogP contribution in [0.4, 0.5) is 0 Å². The lowest BCUT2D eigenvalue weighted by Crippen LogP contribution is -2.22. The van der Waals surface area contributed by atoms with Gasteiger partial charge in [-0.05, 0) is 57.6 Å². The zero-order valence-electron chi connectivity index (χ0n) is 19.9. The van der Waals surface area contributed by atoms with Crippen LogP contribution in [0.1, 0.15) is 40.0 Å². The molecule has 0 bridgehead atoms. The number of fused-ring (bicyclic) bond motifs is 3. The van der Waals surface area contributed by atoms with Crippen molar-refractivity contribution in [2.45, 2.75) is 17.8 Å². The Hall–Kier alpha value is -4.29. The third-order valence-electron chi connectivity index (χ3n) is 6.90. The quantitative estimate of drug-likeness (QED) is 0.300. The molecule has 0 N–H and O–H groups in total. The number of nitriles is 1. The summed E-state index contributed by atoms with van der Waals surface area (Å²) in [7, 11) is 3.35. The van der Waals surface area contributed by atoms with Crippen molar-refractivity contribution in [2.75, 3.05) is 14.2 Å². The van der Waals surface area contributed by atoms with Crippen LogP contribution in [0.3, 0.4) is 0 Å². The van der Waals surface area contributed by atoms with Crippen LogP contribution in [0.2, 0.25) is 0 Å². The molecule has 0 aliphatic heterocycles. The minimum Gasteiger partial charge on any atom is -0.497 e. The van der Waals surface area contributed by atoms with Crippen molar-refractivity contribution in [1.82, 2.24) is 0 Å². The third kappa shape index (κ3) is 4.32. The number of hydrogen-bond donors (Lipinski definition) is 0. The van der Waals surface area contributed by atoms with E-state index in [0.717, 1.165) is 33.8 Å². The van der Waals surface area contributed by atoms with Gasteiger partial charge in [0.05, 0.1) is 26.2 Å². The summed E-state index contributed by atoms with van der Waals surface area (Å²) in [6, 6.07) is 35.7. The lowest BCUT2D eigenvalue weighted by Gasteiger charge is -2.36. The Kier molecular flexibility index (Phi) is 6.37. The molecule has 1 aliphatic carbocycles. The van der Waals surface area contributed by atoms with E-state index < -0.39 is 0 Å². The highest BCUT2D eigenvalue weighted by Gasteiger charge is 2.38. The van der Waals surface area contributed by atoms with Crippen molar-refractivity contribution >= 4 is 6.08 Å². The molecule has 35 heavy (non-hydrogen) atoms. The molecule has 0 spiro atoms. The topological polar surface area (TPSA) is 42.2 Å². The predicted octanol–water partition coefficient (Wildman–Crippen LogP) is 7.57. The first-order valence-electron chi connectivity index (χ1n) is 11.8. The maximum absolute atomic E-state index is 10.4. The van der Waals surface area contributed by atoms with Crippen molar-refractivity contribution in [3.8, 4) is 28.7 Å². The number of nitrogens with zero attached hydrogens (tertiary/aromatic N) is 1. The summed E-state index contributed by atoms with van der Waals surface area (Å²) in [6.45, 7) is 0. The highest BCUT2D eigenvalue weighted by Crippen LogP contribution is 2.52. The van der Waals surface area contributed by atoms with E-state index in [2.05, 4.69) is 72.8 Å². The van der Waals surface area contributed by atoms with Crippen molar-refractivity contribution < 1.29 is 9.47 Å². The molecule has 5 rings (SSSR count). The fourth-order valence-electron chi connectivity index (χ4n) is 5.16. The Balaban J connectivity index is 1.66. The lowest BCUT2D eigenvalue weighted by atomic mass is 9.65. The van der Waals surface area contributed by atoms with E-state index in [1.54, 1.807) is 14.2 Å². The number of benzene rings is 4. The SMILES string of the molecule is COc1ccc(/C=C\[C@@H](c2ccc(OC)cc2)[C@H]2c3ccccc3-c3ccccc3[C@@H]2C#N)cc1. The molecule has 172 valence electrons. The van der Waals surface area contributed by atoms with Gasteiger partial charge in [0.2, 0.25) is 0 Å². The van der Waals surface area contributed by atoms with Gasteiger partial charge in [-0.1, -0.05) is 84.9 Å². The molecule has 0 saturated carbocycles. The summed E-state index contributed by atoms with van der Waals surface area (Å²) in [5, 5.41) is 10.4. The minimum absolute atomic E-state index is 0.0119. The maximum Gasteiger partial charge on any atom is 0.118 e. The molecule has 0 saturated heterocycles. The second-order valence-corrected chi connectivity index (χ2v) is 8.74. The molecule has 4 aromatic carbocycles. The van der Waals surface area contributed by atoms with E-state index in [4.69, 9.17) is 9.47 Å². The molecule has 3 nitrogen and oxygen atoms in total. The van der Waals surface area contributed by atoms with Gasteiger partial charge in [-0.15, -0.1) is 0 Å². The number of ether oxygens (including phenoxy) is 2. The van der Waals surface area contributed by atoms with Crippen LogP contribution in [0.15, 0.2) is 103 Å². The lowest BCUT2D eigenvalue weighted by molar-refractivity contribution is 0.414. The molecule has 0 heterocycles. The Morgan fingerprint density at radius 3 is 1.86 bits per heavy atom. The Morgan fingerprint density at radius 1 is 0.714 bits per heavy atom. The molecule has 0 radical (unpaired) electrons. The highest BCUT2D eigenvalue weighted by atomic mass is 16.5. The van der Waals surface area contributed by atoms with Gasteiger partial charge in [0.15, 0.2) is 0 Å². The average molecular weight is 458 g/mol. The summed E-state index contributed by atoms with van der Waals surface area (Å²) in [6.07, 6.45) is 4.38. The molecule has 0 aromatic heterocycles. The van der Waals surface area contributed by atoms with Gasteiger partial charge in [0.25, 0.3) is 0 Å². The first kappa shape index (κ1) is 22.5. The van der Waals surface area contributed by atoms with E-state index in [1.807, 2.05) is 42.5 Å². The zero-order chi connectivity index (χ0) is 24.2. The van der Waals surface area contributed by atoms with Crippen molar-refractivity contribution in [2.24, 2.45) is 0 Å². The zero-order valence-corrected chi connectivity index (χ0v) is 19.9. The second kappa shape index (κ2) is 9.91. The van der Waals surface area contributed by atoms with Gasteiger partial charge < -0.3 is 9.47 Å². The van der Waals surface area contributed by atoms with E-state index in [9.17, 15) is 5.26 Å². The van der Waals surface area contributed by atoms with Crippen LogP contribution in [-0.2, 0) is 0 Å². The van der Waals surface area contributed by atoms with Gasteiger partial charge in [-0.25, -0.2) is 0 Å². The fourth-order valence-corrected chi connectivity index (χ4v) is 5.16. The molecular weight excluding hydrogens is 430 g/mol. The Bertz CT molecular complexity index is 1380. The smallest absolute Gasteiger partial charge is 0.118 e. The second-order valence-electron chi connectivity index (χ2n) is 8.74. The van der Waals surface area contributed by atoms with Crippen LogP contribution in [0.25, 0.3) is 17.2 Å². The molecule has 3 heteroatoms. The van der Waals surface area contributed by atoms with E-state index in [-0.39, 0.29) is 17.8 Å². The number of rotatable bonds is 6. The number of methoxy groups -OCH3 is 2. The predicted molar refractivity (Wildman–Crippen MR) is 141 cm³/mol. The van der Waals surface area contributed by atoms with Gasteiger partial charge in [-0.3, -0.25) is 0 Å². The normalized spacial score (nSPS) is 17.2. The van der Waals surface area contributed by atoms with Crippen LogP contribution in [0, 0.1) is 11.3 Å². The average Bonchev–Trinajstić information content (AvgIpc) is 2.93. The van der Waals surface area contributed by atoms with Crippen LogP contribution >= 0.6 is 0 Å². The minimum atomic E-state index is -0.270. The van der Waals surface area contributed by atoms with E-state index in [1.165, 1.54) is 11.1 Å². The molecule has 3 atom stereocenters. The summed E-state index contributed by atoms with van der Waals surface area (Å²) in [5.41, 5.74) is 6.89. The van der Waals surface area contributed by atoms with Gasteiger partial charge in [-0.2, -0.15) is 5.26 Å². The summed E-state index contributed by atoms with van der Waals surface area (Å²) < 4.78 is 10.7. The number of hydrogen-bond acceptors (Lipinski definition) is 3. The molecule has 0 unspecified atom stereocenters. The summed E-state index contributed by atoms with van der Waals surface area (Å²) >= 11 is 0. The van der Waals surface area contributed by atoms with E-state index in [0.29, 0.717) is 0 Å². The molecule has 1 aliphatic rings.